The Labute approximate surface area is 258 Å². The van der Waals surface area contributed by atoms with Crippen molar-refractivity contribution in [1.82, 2.24) is 10.3 Å². The Morgan fingerprint density at radius 3 is 2.48 bits per heavy atom. The summed E-state index contributed by atoms with van der Waals surface area (Å²) < 4.78 is 22.3. The number of ketones is 2. The molecule has 44 heavy (non-hydrogen) atoms. The Morgan fingerprint density at radius 2 is 1.82 bits per heavy atom. The summed E-state index contributed by atoms with van der Waals surface area (Å²) in [5.41, 5.74) is -1.20. The number of pyridine rings is 1. The summed E-state index contributed by atoms with van der Waals surface area (Å²) in [6.45, 7) is 1.74. The van der Waals surface area contributed by atoms with E-state index in [1.807, 2.05) is 0 Å². The molecular weight excluding hydrogens is 592 g/mol. The van der Waals surface area contributed by atoms with E-state index in [4.69, 9.17) is 30.5 Å². The van der Waals surface area contributed by atoms with Crippen molar-refractivity contribution in [2.24, 2.45) is 5.92 Å². The molecule has 230 valence electrons. The molecule has 3 atom stereocenters. The van der Waals surface area contributed by atoms with Crippen molar-refractivity contribution < 1.29 is 43.5 Å². The van der Waals surface area contributed by atoms with Crippen LogP contribution in [0.25, 0.3) is 0 Å². The minimum absolute atomic E-state index is 0.000644. The first-order valence-electron chi connectivity index (χ1n) is 13.8. The fraction of sp³-hybridized carbons (Fsp3) is 0.312. The van der Waals surface area contributed by atoms with Crippen molar-refractivity contribution in [2.45, 2.75) is 37.8 Å². The minimum atomic E-state index is -2.03. The van der Waals surface area contributed by atoms with Crippen LogP contribution >= 0.6 is 11.6 Å². The number of aliphatic hydroxyl groups is 1. The number of methoxy groups -OCH3 is 3. The SMILES string of the molecule is COc1cc(C(CC(=O)NCc2ccccn2)C2=C(O)[C@@]3(Oc4c(Cl)c(OC)cc(OC)c4C3=O)[C@H](C)CC2=O)ccc1O. The van der Waals surface area contributed by atoms with Gasteiger partial charge < -0.3 is 34.5 Å². The predicted molar refractivity (Wildman–Crippen MR) is 159 cm³/mol. The quantitative estimate of drug-likeness (QED) is 0.306. The number of carbonyl (C=O) groups excluding carboxylic acids is 3. The van der Waals surface area contributed by atoms with Gasteiger partial charge in [0.15, 0.2) is 28.8 Å². The van der Waals surface area contributed by atoms with Gasteiger partial charge in [-0.15, -0.1) is 0 Å². The molecule has 1 amide bonds. The van der Waals surface area contributed by atoms with Gasteiger partial charge in [0.2, 0.25) is 17.3 Å². The van der Waals surface area contributed by atoms with Gasteiger partial charge >= 0.3 is 0 Å². The Hall–Kier alpha value is -4.77. The van der Waals surface area contributed by atoms with Crippen LogP contribution in [-0.4, -0.2) is 59.6 Å². The Balaban J connectivity index is 1.63. The molecule has 3 N–H and O–H groups in total. The number of halogens is 1. The van der Waals surface area contributed by atoms with Gasteiger partial charge in [-0.3, -0.25) is 19.4 Å². The lowest BCUT2D eigenvalue weighted by molar-refractivity contribution is -0.122. The van der Waals surface area contributed by atoms with Crippen molar-refractivity contribution in [3.63, 3.8) is 0 Å². The van der Waals surface area contributed by atoms with Gasteiger partial charge in [0.25, 0.3) is 0 Å². The minimum Gasteiger partial charge on any atom is -0.507 e. The number of rotatable bonds is 9. The maximum atomic E-state index is 14.2. The highest BCUT2D eigenvalue weighted by atomic mass is 35.5. The Bertz CT molecular complexity index is 1670. The van der Waals surface area contributed by atoms with Crippen LogP contribution in [0.4, 0.5) is 0 Å². The molecule has 2 aromatic carbocycles. The molecule has 5 rings (SSSR count). The number of Topliss-reactive ketones (excluding diaryl/α,β-unsaturated/α-hetero) is 2. The maximum Gasteiger partial charge on any atom is 0.231 e. The summed E-state index contributed by atoms with van der Waals surface area (Å²) in [6.07, 6.45) is 1.12. The van der Waals surface area contributed by atoms with E-state index in [1.54, 1.807) is 31.3 Å². The average molecular weight is 623 g/mol. The van der Waals surface area contributed by atoms with Crippen LogP contribution in [0.5, 0.6) is 28.7 Å². The fourth-order valence-corrected chi connectivity index (χ4v) is 6.05. The van der Waals surface area contributed by atoms with Crippen LogP contribution in [0.3, 0.4) is 0 Å². The summed E-state index contributed by atoms with van der Waals surface area (Å²) in [6, 6.07) is 11.1. The first-order valence-corrected chi connectivity index (χ1v) is 14.1. The number of fused-ring (bicyclic) bond motifs is 1. The standard InChI is InChI=1S/C32H31ClN2O9/c1-16-11-21(37)26(30(39)32(16)31(40)27-23(42-3)14-24(43-4)28(33)29(27)44-32)19(17-8-9-20(36)22(12-17)41-2)13-25(38)35-15-18-7-5-6-10-34-18/h5-10,12,14,16,19,36,39H,11,13,15H2,1-4H3,(H,35,38)/t16-,19?,32+/m1/s1. The van der Waals surface area contributed by atoms with Crippen molar-refractivity contribution >= 4 is 29.1 Å². The number of carbonyl (C=O) groups is 3. The highest BCUT2D eigenvalue weighted by Crippen LogP contribution is 2.56. The van der Waals surface area contributed by atoms with Crippen LogP contribution in [0.1, 0.15) is 47.3 Å². The lowest BCUT2D eigenvalue weighted by Crippen LogP contribution is -2.53. The van der Waals surface area contributed by atoms with Crippen LogP contribution in [0.15, 0.2) is 60.0 Å². The molecule has 0 bridgehead atoms. The molecule has 1 aromatic heterocycles. The molecule has 0 fully saturated rings. The molecule has 0 radical (unpaired) electrons. The topological polar surface area (TPSA) is 154 Å². The molecule has 1 aliphatic carbocycles. The van der Waals surface area contributed by atoms with Gasteiger partial charge in [0.1, 0.15) is 22.1 Å². The fourth-order valence-electron chi connectivity index (χ4n) is 5.79. The van der Waals surface area contributed by atoms with Crippen LogP contribution in [0, 0.1) is 5.92 Å². The predicted octanol–water partition coefficient (Wildman–Crippen LogP) is 4.69. The van der Waals surface area contributed by atoms with Gasteiger partial charge in [-0.05, 0) is 29.8 Å². The number of aromatic hydroxyl groups is 1. The third-order valence-corrected chi connectivity index (χ3v) is 8.41. The maximum absolute atomic E-state index is 14.2. The molecule has 1 unspecified atom stereocenters. The zero-order valence-electron chi connectivity index (χ0n) is 24.5. The number of nitrogens with one attached hydrogen (secondary N) is 1. The van der Waals surface area contributed by atoms with Crippen LogP contribution in [0.2, 0.25) is 5.02 Å². The number of phenolic OH excluding ortho intramolecular Hbond substituents is 1. The Morgan fingerprint density at radius 1 is 1.09 bits per heavy atom. The molecule has 12 heteroatoms. The number of allylic oxidation sites excluding steroid dienone is 1. The second-order valence-corrected chi connectivity index (χ2v) is 10.9. The summed E-state index contributed by atoms with van der Waals surface area (Å²) >= 11 is 6.55. The number of nitrogens with zero attached hydrogens (tertiary/aromatic N) is 1. The monoisotopic (exact) mass is 622 g/mol. The molecular formula is C32H31ClN2O9. The third kappa shape index (κ3) is 5.06. The molecule has 0 saturated carbocycles. The lowest BCUT2D eigenvalue weighted by Gasteiger charge is -2.38. The lowest BCUT2D eigenvalue weighted by atomic mass is 9.69. The highest BCUT2D eigenvalue weighted by Gasteiger charge is 2.61. The van der Waals surface area contributed by atoms with E-state index in [2.05, 4.69) is 10.3 Å². The van der Waals surface area contributed by atoms with Crippen molar-refractivity contribution in [3.8, 4) is 28.7 Å². The van der Waals surface area contributed by atoms with E-state index >= 15 is 0 Å². The zero-order chi connectivity index (χ0) is 31.8. The molecule has 0 saturated heterocycles. The van der Waals surface area contributed by atoms with Gasteiger partial charge in [0, 0.05) is 42.5 Å². The van der Waals surface area contributed by atoms with Crippen molar-refractivity contribution in [2.75, 3.05) is 21.3 Å². The summed E-state index contributed by atoms with van der Waals surface area (Å²) in [5.74, 6) is -3.89. The van der Waals surface area contributed by atoms with Crippen LogP contribution in [-0.2, 0) is 16.1 Å². The van der Waals surface area contributed by atoms with Gasteiger partial charge in [0.05, 0.1) is 33.6 Å². The second kappa shape index (κ2) is 12.1. The number of aliphatic hydroxyl groups excluding tert-OH is 1. The largest absolute Gasteiger partial charge is 0.507 e. The van der Waals surface area contributed by atoms with Crippen molar-refractivity contribution in [1.29, 1.82) is 0 Å². The third-order valence-electron chi connectivity index (χ3n) is 8.05. The van der Waals surface area contributed by atoms with E-state index < -0.39 is 40.7 Å². The number of ether oxygens (including phenoxy) is 4. The normalized spacial score (nSPS) is 19.8. The van der Waals surface area contributed by atoms with E-state index in [0.29, 0.717) is 11.3 Å². The summed E-state index contributed by atoms with van der Waals surface area (Å²) in [4.78, 5) is 45.5. The first kappa shape index (κ1) is 30.7. The van der Waals surface area contributed by atoms with Crippen molar-refractivity contribution in [3.05, 3.63) is 81.8 Å². The number of hydrogen-bond donors (Lipinski definition) is 3. The number of benzene rings is 2. The van der Waals surface area contributed by atoms with Gasteiger partial charge in [-0.2, -0.15) is 0 Å². The smallest absolute Gasteiger partial charge is 0.231 e. The Kier molecular flexibility index (Phi) is 8.42. The number of aromatic nitrogens is 1. The molecule has 11 nitrogen and oxygen atoms in total. The number of phenols is 1. The zero-order valence-corrected chi connectivity index (χ0v) is 25.2. The van der Waals surface area contributed by atoms with E-state index in [9.17, 15) is 24.6 Å². The summed E-state index contributed by atoms with van der Waals surface area (Å²) in [5, 5.41) is 25.0. The van der Waals surface area contributed by atoms with E-state index in [0.717, 1.165) is 0 Å². The molecule has 2 aliphatic rings. The average Bonchev–Trinajstić information content (AvgIpc) is 3.34. The summed E-state index contributed by atoms with van der Waals surface area (Å²) in [7, 11) is 4.13. The van der Waals surface area contributed by atoms with Gasteiger partial charge in [-0.1, -0.05) is 30.7 Å². The van der Waals surface area contributed by atoms with Gasteiger partial charge in [-0.25, -0.2) is 0 Å². The van der Waals surface area contributed by atoms with E-state index in [1.165, 1.54) is 45.6 Å². The molecule has 3 aromatic rings. The second-order valence-electron chi connectivity index (χ2n) is 10.5. The first-order chi connectivity index (χ1) is 21.1. The number of amides is 1. The number of hydrogen-bond acceptors (Lipinski definition) is 10. The highest BCUT2D eigenvalue weighted by molar-refractivity contribution is 6.35. The van der Waals surface area contributed by atoms with Crippen LogP contribution < -0.4 is 24.3 Å². The molecule has 1 aliphatic heterocycles. The van der Waals surface area contributed by atoms with E-state index in [-0.39, 0.29) is 64.3 Å². The molecule has 2 heterocycles. The molecule has 1 spiro atoms.